The molecule has 1 saturated heterocycles. The summed E-state index contributed by atoms with van der Waals surface area (Å²) in [5.74, 6) is -3.88. The zero-order chi connectivity index (χ0) is 34.7. The molecular formula is C32H41F2N7O5S. The van der Waals surface area contributed by atoms with Gasteiger partial charge in [0.05, 0.1) is 21.5 Å². The number of carbonyl (C=O) groups is 3. The third-order valence-electron chi connectivity index (χ3n) is 7.48. The zero-order valence-electron chi connectivity index (χ0n) is 27.6. The Morgan fingerprint density at radius 3 is 2.53 bits per heavy atom. The minimum absolute atomic E-state index is 0.0239. The van der Waals surface area contributed by atoms with Crippen molar-refractivity contribution in [1.29, 1.82) is 0 Å². The van der Waals surface area contributed by atoms with Gasteiger partial charge < -0.3 is 20.3 Å². The third kappa shape index (κ3) is 9.11. The summed E-state index contributed by atoms with van der Waals surface area (Å²) in [7, 11) is -1.54. The van der Waals surface area contributed by atoms with Crippen molar-refractivity contribution in [3.8, 4) is 11.1 Å². The van der Waals surface area contributed by atoms with Crippen LogP contribution < -0.4 is 15.5 Å². The molecule has 4 rings (SSSR count). The van der Waals surface area contributed by atoms with Gasteiger partial charge in [-0.25, -0.2) is 22.8 Å². The summed E-state index contributed by atoms with van der Waals surface area (Å²) in [4.78, 5) is 45.3. The van der Waals surface area contributed by atoms with Crippen LogP contribution in [-0.4, -0.2) is 73.8 Å². The number of pyridine rings is 1. The van der Waals surface area contributed by atoms with Crippen LogP contribution in [-0.2, 0) is 26.3 Å². The van der Waals surface area contributed by atoms with Gasteiger partial charge in [-0.05, 0) is 64.8 Å². The fraction of sp³-hybridized carbons (Fsp3) is 0.469. The number of hydrogen-bond donors (Lipinski definition) is 2. The Kier molecular flexibility index (Phi) is 10.4. The van der Waals surface area contributed by atoms with Crippen LogP contribution in [0.5, 0.6) is 0 Å². The van der Waals surface area contributed by atoms with Gasteiger partial charge in [0.25, 0.3) is 11.8 Å². The molecule has 254 valence electrons. The van der Waals surface area contributed by atoms with Gasteiger partial charge in [0, 0.05) is 73.3 Å². The van der Waals surface area contributed by atoms with E-state index in [4.69, 9.17) is 4.74 Å². The number of aromatic nitrogens is 3. The number of alkyl halides is 2. The van der Waals surface area contributed by atoms with Crippen LogP contribution in [0.1, 0.15) is 62.9 Å². The Morgan fingerprint density at radius 1 is 1.15 bits per heavy atom. The van der Waals surface area contributed by atoms with Crippen LogP contribution in [0.4, 0.5) is 25.1 Å². The topological polar surface area (TPSA) is 148 Å². The number of rotatable bonds is 7. The highest BCUT2D eigenvalue weighted by molar-refractivity contribution is 7.93. The summed E-state index contributed by atoms with van der Waals surface area (Å²) in [6, 6.07) is 5.01. The van der Waals surface area contributed by atoms with Crippen molar-refractivity contribution in [3.05, 3.63) is 54.0 Å². The lowest BCUT2D eigenvalue weighted by atomic mass is 9.99. The first-order chi connectivity index (χ1) is 21.8. The number of anilines is 2. The molecule has 0 aliphatic carbocycles. The van der Waals surface area contributed by atoms with Crippen LogP contribution in [0.2, 0.25) is 0 Å². The molecule has 0 unspecified atom stereocenters. The lowest BCUT2D eigenvalue weighted by molar-refractivity contribution is -0.119. The lowest BCUT2D eigenvalue weighted by Crippen LogP contribution is -2.41. The van der Waals surface area contributed by atoms with Crippen molar-refractivity contribution in [2.75, 3.05) is 29.6 Å². The predicted octanol–water partition coefficient (Wildman–Crippen LogP) is 5.56. The normalized spacial score (nSPS) is 16.7. The van der Waals surface area contributed by atoms with Gasteiger partial charge in [0.2, 0.25) is 5.92 Å². The van der Waals surface area contributed by atoms with Gasteiger partial charge in [-0.15, -0.1) is 0 Å². The number of benzene rings is 1. The van der Waals surface area contributed by atoms with Crippen molar-refractivity contribution in [2.24, 2.45) is 11.4 Å². The number of amides is 3. The van der Waals surface area contributed by atoms with Crippen molar-refractivity contribution in [3.63, 3.8) is 0 Å². The van der Waals surface area contributed by atoms with Crippen molar-refractivity contribution >= 4 is 39.1 Å². The van der Waals surface area contributed by atoms with Crippen LogP contribution in [0.15, 0.2) is 52.1 Å². The highest BCUT2D eigenvalue weighted by Gasteiger charge is 2.34. The number of alkyl carbamates (subject to hydrolysis) is 1. The second-order valence-corrected chi connectivity index (χ2v) is 14.9. The average Bonchev–Trinajstić information content (AvgIpc) is 3.30. The van der Waals surface area contributed by atoms with E-state index in [-0.39, 0.29) is 47.8 Å². The van der Waals surface area contributed by atoms with Crippen LogP contribution in [0.3, 0.4) is 0 Å². The van der Waals surface area contributed by atoms with E-state index < -0.39 is 45.2 Å². The standard InChI is InChI=1S/C32H41F2N7O5S/c1-20-25(22-17-36-40(6)19-22)18-35-27(41-14-9-12-32(33,34)13-15-41)26(20)29(43)38-23-10-8-11-24(16-23)47(7,45)39-28(42)21(2)37-30(44)46-31(3,4)5/h8,10-11,16-19,21H,9,12-15H2,1-7H3,(H,37,44)(H,38,43)/t21-,47+/m0/s1. The van der Waals surface area contributed by atoms with Gasteiger partial charge >= 0.3 is 6.09 Å². The molecule has 15 heteroatoms. The first kappa shape index (κ1) is 35.5. The molecule has 1 aromatic carbocycles. The molecule has 0 radical (unpaired) electrons. The molecule has 3 aromatic rings. The van der Waals surface area contributed by atoms with Crippen molar-refractivity contribution in [2.45, 2.75) is 76.3 Å². The highest BCUT2D eigenvalue weighted by atomic mass is 32.2. The Morgan fingerprint density at radius 2 is 1.87 bits per heavy atom. The molecule has 1 aliphatic heterocycles. The highest BCUT2D eigenvalue weighted by Crippen LogP contribution is 2.34. The number of aryl methyl sites for hydroxylation is 1. The third-order valence-corrected chi connectivity index (χ3v) is 9.13. The van der Waals surface area contributed by atoms with Crippen molar-refractivity contribution in [1.82, 2.24) is 20.1 Å². The maximum atomic E-state index is 14.2. The Hall–Kier alpha value is -4.40. The van der Waals surface area contributed by atoms with E-state index in [0.717, 1.165) is 5.56 Å². The summed E-state index contributed by atoms with van der Waals surface area (Å²) in [5, 5.41) is 9.43. The molecule has 2 atom stereocenters. The minimum atomic E-state index is -3.31. The molecule has 12 nitrogen and oxygen atoms in total. The predicted molar refractivity (Wildman–Crippen MR) is 175 cm³/mol. The number of nitrogens with zero attached hydrogens (tertiary/aromatic N) is 5. The minimum Gasteiger partial charge on any atom is -0.444 e. The molecule has 0 saturated carbocycles. The second kappa shape index (κ2) is 13.8. The van der Waals surface area contributed by atoms with E-state index in [9.17, 15) is 27.4 Å². The van der Waals surface area contributed by atoms with Crippen LogP contribution in [0, 0.1) is 6.92 Å². The number of halogens is 2. The van der Waals surface area contributed by atoms with Crippen LogP contribution in [0.25, 0.3) is 11.1 Å². The molecule has 1 fully saturated rings. The molecule has 47 heavy (non-hydrogen) atoms. The average molecular weight is 674 g/mol. The maximum Gasteiger partial charge on any atom is 0.408 e. The fourth-order valence-electron chi connectivity index (χ4n) is 5.08. The van der Waals surface area contributed by atoms with Gasteiger partial charge in [-0.3, -0.25) is 14.3 Å². The summed E-state index contributed by atoms with van der Waals surface area (Å²) in [6.07, 6.45) is 5.15. The molecule has 1 aliphatic rings. The zero-order valence-corrected chi connectivity index (χ0v) is 28.4. The van der Waals surface area contributed by atoms with E-state index >= 15 is 0 Å². The van der Waals surface area contributed by atoms with E-state index in [2.05, 4.69) is 25.1 Å². The van der Waals surface area contributed by atoms with E-state index in [1.807, 2.05) is 0 Å². The fourth-order valence-corrected chi connectivity index (χ4v) is 6.36. The quantitative estimate of drug-likeness (QED) is 0.331. The SMILES string of the molecule is Cc1c(-c2cnn(C)c2)cnc(N2CCCC(F)(F)CC2)c1C(=O)Nc1cccc([S@@](C)(=O)=NC(=O)[C@H](C)NC(=O)OC(C)(C)C)c1. The smallest absolute Gasteiger partial charge is 0.408 e. The molecule has 3 heterocycles. The van der Waals surface area contributed by atoms with Crippen molar-refractivity contribution < 1.29 is 32.1 Å². The number of nitrogens with one attached hydrogen (secondary N) is 2. The van der Waals surface area contributed by atoms with Crippen LogP contribution >= 0.6 is 0 Å². The maximum absolute atomic E-state index is 14.2. The molecule has 2 N–H and O–H groups in total. The molecule has 0 spiro atoms. The summed E-state index contributed by atoms with van der Waals surface area (Å²) < 4.78 is 52.7. The molecule has 3 amide bonds. The second-order valence-electron chi connectivity index (χ2n) is 12.7. The van der Waals surface area contributed by atoms with Gasteiger partial charge in [0.15, 0.2) is 0 Å². The Labute approximate surface area is 273 Å². The molecule has 2 aromatic heterocycles. The number of carbonyl (C=O) groups excluding carboxylic acids is 3. The number of ether oxygens (including phenoxy) is 1. The first-order valence-corrected chi connectivity index (χ1v) is 17.1. The summed E-state index contributed by atoms with van der Waals surface area (Å²) in [6.45, 7) is 8.54. The largest absolute Gasteiger partial charge is 0.444 e. The Balaban J connectivity index is 1.64. The summed E-state index contributed by atoms with van der Waals surface area (Å²) in [5.41, 5.74) is 1.67. The van der Waals surface area contributed by atoms with E-state index in [1.54, 1.807) is 75.0 Å². The van der Waals surface area contributed by atoms with Gasteiger partial charge in [-0.2, -0.15) is 9.46 Å². The lowest BCUT2D eigenvalue weighted by Gasteiger charge is -2.26. The summed E-state index contributed by atoms with van der Waals surface area (Å²) >= 11 is 0. The Bertz CT molecular complexity index is 1790. The monoisotopic (exact) mass is 673 g/mol. The number of hydrogen-bond acceptors (Lipinski definition) is 8. The molecule has 0 bridgehead atoms. The van der Waals surface area contributed by atoms with Gasteiger partial charge in [0.1, 0.15) is 17.5 Å². The van der Waals surface area contributed by atoms with E-state index in [1.165, 1.54) is 25.3 Å². The first-order valence-electron chi connectivity index (χ1n) is 15.1. The molecular weight excluding hydrogens is 632 g/mol. The van der Waals surface area contributed by atoms with Gasteiger partial charge in [-0.1, -0.05) is 6.07 Å². The van der Waals surface area contributed by atoms with E-state index in [0.29, 0.717) is 17.7 Å².